The van der Waals surface area contributed by atoms with Crippen molar-refractivity contribution in [1.29, 1.82) is 0 Å². The predicted octanol–water partition coefficient (Wildman–Crippen LogP) is 5.24. The molecule has 0 aromatic heterocycles. The summed E-state index contributed by atoms with van der Waals surface area (Å²) in [7, 11) is 1.61. The molecule has 0 bridgehead atoms. The summed E-state index contributed by atoms with van der Waals surface area (Å²) in [5.74, 6) is 1.46. The van der Waals surface area contributed by atoms with E-state index in [1.165, 1.54) is 0 Å². The Morgan fingerprint density at radius 2 is 1.53 bits per heavy atom. The van der Waals surface area contributed by atoms with Crippen LogP contribution in [0.3, 0.4) is 0 Å². The molecule has 1 heterocycles. The third-order valence-electron chi connectivity index (χ3n) is 6.01. The van der Waals surface area contributed by atoms with Crippen molar-refractivity contribution in [1.82, 2.24) is 5.32 Å². The van der Waals surface area contributed by atoms with E-state index in [1.807, 2.05) is 61.5 Å². The minimum Gasteiger partial charge on any atom is -0.457 e. The zero-order chi connectivity index (χ0) is 25.3. The van der Waals surface area contributed by atoms with E-state index >= 15 is 0 Å². The van der Waals surface area contributed by atoms with Gasteiger partial charge in [-0.1, -0.05) is 18.2 Å². The van der Waals surface area contributed by atoms with E-state index in [0.717, 1.165) is 30.9 Å². The van der Waals surface area contributed by atoms with Gasteiger partial charge in [0.2, 0.25) is 5.91 Å². The minimum absolute atomic E-state index is 0.0140. The maximum absolute atomic E-state index is 12.4. The Balaban J connectivity index is 1.23. The van der Waals surface area contributed by atoms with Gasteiger partial charge in [-0.15, -0.1) is 0 Å². The van der Waals surface area contributed by atoms with Crippen molar-refractivity contribution in [3.8, 4) is 11.5 Å². The van der Waals surface area contributed by atoms with E-state index in [1.54, 1.807) is 31.4 Å². The van der Waals surface area contributed by atoms with Gasteiger partial charge in [-0.2, -0.15) is 0 Å². The van der Waals surface area contributed by atoms with Crippen molar-refractivity contribution in [2.45, 2.75) is 31.9 Å². The molecule has 188 valence electrons. The molecule has 4 rings (SSSR count). The van der Waals surface area contributed by atoms with Crippen LogP contribution >= 0.6 is 0 Å². The van der Waals surface area contributed by atoms with Crippen molar-refractivity contribution >= 4 is 29.0 Å². The summed E-state index contributed by atoms with van der Waals surface area (Å²) >= 11 is 0. The minimum atomic E-state index is -0.325. The zero-order valence-electron chi connectivity index (χ0n) is 20.6. The molecule has 0 radical (unpaired) electrons. The summed E-state index contributed by atoms with van der Waals surface area (Å²) in [5, 5.41) is 8.77. The third-order valence-corrected chi connectivity index (χ3v) is 6.01. The fraction of sp³-hybridized carbons (Fsp3) is 0.286. The quantitative estimate of drug-likeness (QED) is 0.383. The number of rotatable bonds is 9. The van der Waals surface area contributed by atoms with Crippen LogP contribution < -0.4 is 25.6 Å². The number of nitrogens with zero attached hydrogens (tertiary/aromatic N) is 1. The average Bonchev–Trinajstić information content (AvgIpc) is 3.34. The molecule has 3 aromatic rings. The second kappa shape index (κ2) is 12.1. The summed E-state index contributed by atoms with van der Waals surface area (Å²) < 4.78 is 10.9. The third kappa shape index (κ3) is 7.23. The number of nitrogens with one attached hydrogen (secondary N) is 3. The van der Waals surface area contributed by atoms with Gasteiger partial charge in [0.1, 0.15) is 11.5 Å². The Labute approximate surface area is 211 Å². The van der Waals surface area contributed by atoms with Gasteiger partial charge in [-0.3, -0.25) is 4.79 Å². The van der Waals surface area contributed by atoms with E-state index in [-0.39, 0.29) is 24.1 Å². The van der Waals surface area contributed by atoms with Crippen LogP contribution in [-0.2, 0) is 9.53 Å². The fourth-order valence-electron chi connectivity index (χ4n) is 4.02. The number of para-hydroxylation sites is 1. The molecule has 2 unspecified atom stereocenters. The van der Waals surface area contributed by atoms with Crippen molar-refractivity contribution < 1.29 is 19.1 Å². The second-order valence-corrected chi connectivity index (χ2v) is 8.82. The summed E-state index contributed by atoms with van der Waals surface area (Å²) in [4.78, 5) is 26.8. The monoisotopic (exact) mass is 488 g/mol. The molecule has 3 N–H and O–H groups in total. The van der Waals surface area contributed by atoms with Crippen molar-refractivity contribution in [3.63, 3.8) is 0 Å². The number of carbonyl (C=O) groups excluding carboxylic acids is 2. The molecule has 8 heteroatoms. The number of amides is 3. The van der Waals surface area contributed by atoms with E-state index in [4.69, 9.17) is 9.47 Å². The van der Waals surface area contributed by atoms with Crippen molar-refractivity contribution in [2.75, 3.05) is 35.7 Å². The first kappa shape index (κ1) is 25.1. The van der Waals surface area contributed by atoms with Crippen LogP contribution in [0.4, 0.5) is 21.9 Å². The molecule has 36 heavy (non-hydrogen) atoms. The summed E-state index contributed by atoms with van der Waals surface area (Å²) in [6, 6.07) is 24.2. The van der Waals surface area contributed by atoms with Crippen LogP contribution in [0.25, 0.3) is 0 Å². The second-order valence-electron chi connectivity index (χ2n) is 8.82. The fourth-order valence-corrected chi connectivity index (χ4v) is 4.02. The zero-order valence-corrected chi connectivity index (χ0v) is 20.6. The Kier molecular flexibility index (Phi) is 8.41. The molecule has 0 aliphatic carbocycles. The van der Waals surface area contributed by atoms with Crippen LogP contribution in [0, 0.1) is 0 Å². The number of urea groups is 1. The van der Waals surface area contributed by atoms with Gasteiger partial charge >= 0.3 is 6.03 Å². The van der Waals surface area contributed by atoms with Crippen LogP contribution in [0.1, 0.15) is 19.8 Å². The molecule has 2 atom stereocenters. The van der Waals surface area contributed by atoms with Crippen LogP contribution in [-0.4, -0.2) is 44.3 Å². The van der Waals surface area contributed by atoms with Crippen LogP contribution in [0.5, 0.6) is 11.5 Å². The highest BCUT2D eigenvalue weighted by Crippen LogP contribution is 2.24. The number of carbonyl (C=O) groups is 2. The number of methoxy groups -OCH3 is 1. The standard InChI is InChI=1S/C28H32N4O4/c1-20(35-2)18-27(33)29-23-16-17-32(19-23)24-12-8-21(9-13-24)30-28(34)31-22-10-14-26(15-11-22)36-25-6-4-3-5-7-25/h3-15,20,23H,16-19H2,1-2H3,(H,29,33)(H2,30,31,34). The Bertz CT molecular complexity index is 1140. The number of ether oxygens (including phenoxy) is 2. The first-order valence-electron chi connectivity index (χ1n) is 12.1. The molecule has 1 aliphatic heterocycles. The van der Waals surface area contributed by atoms with Crippen LogP contribution in [0.2, 0.25) is 0 Å². The molecule has 0 saturated carbocycles. The normalized spacial score (nSPS) is 15.7. The van der Waals surface area contributed by atoms with Gasteiger partial charge in [0.05, 0.1) is 12.5 Å². The number of anilines is 3. The first-order valence-corrected chi connectivity index (χ1v) is 12.1. The highest BCUT2D eigenvalue weighted by molar-refractivity contribution is 5.99. The lowest BCUT2D eigenvalue weighted by molar-refractivity contribution is -0.123. The predicted molar refractivity (Wildman–Crippen MR) is 142 cm³/mol. The molecular formula is C28H32N4O4. The topological polar surface area (TPSA) is 91.9 Å². The number of benzene rings is 3. The largest absolute Gasteiger partial charge is 0.457 e. The van der Waals surface area contributed by atoms with Gasteiger partial charge in [0, 0.05) is 43.3 Å². The van der Waals surface area contributed by atoms with E-state index in [2.05, 4.69) is 20.9 Å². The number of hydrogen-bond donors (Lipinski definition) is 3. The first-order chi connectivity index (χ1) is 17.5. The Morgan fingerprint density at radius 1 is 0.917 bits per heavy atom. The Morgan fingerprint density at radius 3 is 2.17 bits per heavy atom. The lowest BCUT2D eigenvalue weighted by Crippen LogP contribution is -2.38. The van der Waals surface area contributed by atoms with E-state index < -0.39 is 0 Å². The van der Waals surface area contributed by atoms with Gasteiger partial charge in [-0.05, 0) is 74.0 Å². The molecule has 0 spiro atoms. The van der Waals surface area contributed by atoms with Gasteiger partial charge < -0.3 is 30.3 Å². The maximum Gasteiger partial charge on any atom is 0.323 e. The van der Waals surface area contributed by atoms with Gasteiger partial charge in [0.25, 0.3) is 0 Å². The lowest BCUT2D eigenvalue weighted by atomic mass is 10.2. The lowest BCUT2D eigenvalue weighted by Gasteiger charge is -2.20. The Hall–Kier alpha value is -4.04. The van der Waals surface area contributed by atoms with Crippen molar-refractivity contribution in [2.24, 2.45) is 0 Å². The van der Waals surface area contributed by atoms with Gasteiger partial charge in [0.15, 0.2) is 0 Å². The van der Waals surface area contributed by atoms with E-state index in [0.29, 0.717) is 23.5 Å². The van der Waals surface area contributed by atoms with Crippen molar-refractivity contribution in [3.05, 3.63) is 78.9 Å². The maximum atomic E-state index is 12.4. The molecule has 1 aliphatic rings. The average molecular weight is 489 g/mol. The van der Waals surface area contributed by atoms with Crippen LogP contribution in [0.15, 0.2) is 78.9 Å². The molecule has 8 nitrogen and oxygen atoms in total. The highest BCUT2D eigenvalue weighted by Gasteiger charge is 2.24. The summed E-state index contributed by atoms with van der Waals surface area (Å²) in [5.41, 5.74) is 2.41. The highest BCUT2D eigenvalue weighted by atomic mass is 16.5. The smallest absolute Gasteiger partial charge is 0.323 e. The molecule has 3 aromatic carbocycles. The molecule has 1 fully saturated rings. The summed E-state index contributed by atoms with van der Waals surface area (Å²) in [6.45, 7) is 3.50. The van der Waals surface area contributed by atoms with Gasteiger partial charge in [-0.25, -0.2) is 4.79 Å². The molecular weight excluding hydrogens is 456 g/mol. The van der Waals surface area contributed by atoms with E-state index in [9.17, 15) is 9.59 Å². The molecule has 3 amide bonds. The number of hydrogen-bond acceptors (Lipinski definition) is 5. The SMILES string of the molecule is COC(C)CC(=O)NC1CCN(c2ccc(NC(=O)Nc3ccc(Oc4ccccc4)cc3)cc2)C1. The summed E-state index contributed by atoms with van der Waals surface area (Å²) in [6.07, 6.45) is 1.17. The molecule has 1 saturated heterocycles.